The molecule has 2 nitrogen and oxygen atoms in total. The third-order valence-electron chi connectivity index (χ3n) is 3.07. The Balaban J connectivity index is 2.18. The molecule has 0 N–H and O–H groups in total. The van der Waals surface area contributed by atoms with Crippen LogP contribution in [0.1, 0.15) is 31.4 Å². The summed E-state index contributed by atoms with van der Waals surface area (Å²) in [5.41, 5.74) is 1.21. The van der Waals surface area contributed by atoms with Crippen LogP contribution in [-0.2, 0) is 7.05 Å². The molecule has 1 aromatic heterocycles. The van der Waals surface area contributed by atoms with Gasteiger partial charge in [-0.3, -0.25) is 4.68 Å². The highest BCUT2D eigenvalue weighted by atomic mass is 35.5. The fourth-order valence-electron chi connectivity index (χ4n) is 2.16. The van der Waals surface area contributed by atoms with Crippen molar-refractivity contribution in [2.45, 2.75) is 31.1 Å². The lowest BCUT2D eigenvalue weighted by Crippen LogP contribution is -2.10. The molecule has 72 valence electrons. The number of aromatic nitrogens is 2. The lowest BCUT2D eigenvalue weighted by Gasteiger charge is -2.14. The molecule has 0 aromatic carbocycles. The highest BCUT2D eigenvalue weighted by Gasteiger charge is 2.33. The summed E-state index contributed by atoms with van der Waals surface area (Å²) in [4.78, 5) is 0. The predicted molar refractivity (Wildman–Crippen MR) is 54.0 cm³/mol. The van der Waals surface area contributed by atoms with Crippen molar-refractivity contribution in [1.29, 1.82) is 0 Å². The van der Waals surface area contributed by atoms with Crippen molar-refractivity contribution in [2.24, 2.45) is 13.0 Å². The molecule has 3 heteroatoms. The zero-order valence-corrected chi connectivity index (χ0v) is 8.83. The number of halogens is 1. The molecule has 0 aliphatic heterocycles. The maximum Gasteiger partial charge on any atom is 0.0658 e. The summed E-state index contributed by atoms with van der Waals surface area (Å²) in [6.07, 6.45) is 4.32. The van der Waals surface area contributed by atoms with Crippen LogP contribution in [0.25, 0.3) is 0 Å². The van der Waals surface area contributed by atoms with Gasteiger partial charge in [0.15, 0.2) is 0 Å². The molecule has 1 aromatic rings. The second kappa shape index (κ2) is 3.33. The van der Waals surface area contributed by atoms with Crippen molar-refractivity contribution < 1.29 is 0 Å². The first-order chi connectivity index (χ1) is 6.18. The smallest absolute Gasteiger partial charge is 0.0658 e. The van der Waals surface area contributed by atoms with Crippen LogP contribution in [0, 0.1) is 5.92 Å². The van der Waals surface area contributed by atoms with E-state index in [9.17, 15) is 0 Å². The minimum Gasteiger partial charge on any atom is -0.276 e. The van der Waals surface area contributed by atoms with E-state index < -0.39 is 0 Å². The summed E-state index contributed by atoms with van der Waals surface area (Å²) < 4.78 is 1.86. The Hall–Kier alpha value is -0.500. The second-order valence-corrected chi connectivity index (χ2v) is 4.53. The van der Waals surface area contributed by atoms with E-state index in [2.05, 4.69) is 18.1 Å². The van der Waals surface area contributed by atoms with Gasteiger partial charge in [-0.15, -0.1) is 11.6 Å². The van der Waals surface area contributed by atoms with Crippen molar-refractivity contribution in [3.05, 3.63) is 18.0 Å². The van der Waals surface area contributed by atoms with Gasteiger partial charge in [-0.25, -0.2) is 0 Å². The van der Waals surface area contributed by atoms with Gasteiger partial charge in [0.2, 0.25) is 0 Å². The Labute approximate surface area is 83.9 Å². The fourth-order valence-corrected chi connectivity index (χ4v) is 2.47. The zero-order chi connectivity index (χ0) is 9.42. The van der Waals surface area contributed by atoms with E-state index in [0.717, 1.165) is 6.42 Å². The summed E-state index contributed by atoms with van der Waals surface area (Å²) >= 11 is 6.18. The summed E-state index contributed by atoms with van der Waals surface area (Å²) in [5.74, 6) is 1.14. The minimum atomic E-state index is 0.340. The van der Waals surface area contributed by atoms with Crippen LogP contribution in [0.4, 0.5) is 0 Å². The lowest BCUT2D eigenvalue weighted by molar-refractivity contribution is 0.519. The standard InChI is InChI=1S/C10H15ClN2/c1-7-8(3-4-9(7)11)10-5-6-13(2)12-10/h5-9H,3-4H2,1-2H3. The lowest BCUT2D eigenvalue weighted by atomic mass is 9.95. The molecule has 3 unspecified atom stereocenters. The summed E-state index contributed by atoms with van der Waals surface area (Å²) in [5, 5.41) is 4.78. The SMILES string of the molecule is CC1C(Cl)CCC1c1ccn(C)n1. The van der Waals surface area contributed by atoms with Crippen molar-refractivity contribution in [1.82, 2.24) is 9.78 Å². The number of aryl methyl sites for hydroxylation is 1. The molecule has 0 radical (unpaired) electrons. The first-order valence-electron chi connectivity index (χ1n) is 4.82. The molecule has 1 saturated carbocycles. The van der Waals surface area contributed by atoms with Crippen molar-refractivity contribution in [3.8, 4) is 0 Å². The van der Waals surface area contributed by atoms with Gasteiger partial charge < -0.3 is 0 Å². The molecule has 13 heavy (non-hydrogen) atoms. The maximum absolute atomic E-state index is 6.18. The molecule has 2 rings (SSSR count). The molecule has 0 spiro atoms. The Bertz CT molecular complexity index is 295. The van der Waals surface area contributed by atoms with Gasteiger partial charge in [0.1, 0.15) is 0 Å². The molecule has 0 bridgehead atoms. The van der Waals surface area contributed by atoms with Gasteiger partial charge in [-0.05, 0) is 24.8 Å². The van der Waals surface area contributed by atoms with Crippen molar-refractivity contribution in [3.63, 3.8) is 0 Å². The molecular formula is C10H15ClN2. The van der Waals surface area contributed by atoms with Crippen molar-refractivity contribution in [2.75, 3.05) is 0 Å². The summed E-state index contributed by atoms with van der Waals surface area (Å²) in [7, 11) is 1.96. The van der Waals surface area contributed by atoms with Crippen LogP contribution in [0.2, 0.25) is 0 Å². The monoisotopic (exact) mass is 198 g/mol. The number of hydrogen-bond donors (Lipinski definition) is 0. The van der Waals surface area contributed by atoms with Crippen LogP contribution < -0.4 is 0 Å². The van der Waals surface area contributed by atoms with Gasteiger partial charge >= 0.3 is 0 Å². The van der Waals surface area contributed by atoms with Crippen LogP contribution in [0.15, 0.2) is 12.3 Å². The zero-order valence-electron chi connectivity index (χ0n) is 8.07. The van der Waals surface area contributed by atoms with Crippen LogP contribution in [-0.4, -0.2) is 15.2 Å². The van der Waals surface area contributed by atoms with E-state index in [1.165, 1.54) is 12.1 Å². The van der Waals surface area contributed by atoms with Crippen LogP contribution >= 0.6 is 11.6 Å². The number of nitrogens with zero attached hydrogens (tertiary/aromatic N) is 2. The quantitative estimate of drug-likeness (QED) is 0.635. The molecule has 0 saturated heterocycles. The summed E-state index contributed by atoms with van der Waals surface area (Å²) in [6.45, 7) is 2.23. The molecular weight excluding hydrogens is 184 g/mol. The largest absolute Gasteiger partial charge is 0.276 e. The van der Waals surface area contributed by atoms with Crippen molar-refractivity contribution >= 4 is 11.6 Å². The Morgan fingerprint density at radius 1 is 1.54 bits per heavy atom. The molecule has 1 heterocycles. The maximum atomic E-state index is 6.18. The number of rotatable bonds is 1. The molecule has 1 fully saturated rings. The molecule has 1 aliphatic rings. The highest BCUT2D eigenvalue weighted by Crippen LogP contribution is 2.41. The third kappa shape index (κ3) is 1.60. The van der Waals surface area contributed by atoms with Crippen LogP contribution in [0.3, 0.4) is 0 Å². The topological polar surface area (TPSA) is 17.8 Å². The van der Waals surface area contributed by atoms with Gasteiger partial charge in [0.05, 0.1) is 5.69 Å². The van der Waals surface area contributed by atoms with E-state index in [1.807, 2.05) is 17.9 Å². The first kappa shape index (κ1) is 9.07. The van der Waals surface area contributed by atoms with Gasteiger partial charge in [0.25, 0.3) is 0 Å². The molecule has 1 aliphatic carbocycles. The summed E-state index contributed by atoms with van der Waals surface area (Å²) in [6, 6.07) is 2.11. The number of alkyl halides is 1. The average molecular weight is 199 g/mol. The van der Waals surface area contributed by atoms with E-state index in [1.54, 1.807) is 0 Å². The normalized spacial score (nSPS) is 33.9. The van der Waals surface area contributed by atoms with E-state index in [0.29, 0.717) is 17.2 Å². The van der Waals surface area contributed by atoms with Gasteiger partial charge in [-0.2, -0.15) is 5.10 Å². The number of hydrogen-bond acceptors (Lipinski definition) is 1. The van der Waals surface area contributed by atoms with E-state index >= 15 is 0 Å². The average Bonchev–Trinajstić information content (AvgIpc) is 2.62. The predicted octanol–water partition coefficient (Wildman–Crippen LogP) is 2.54. The minimum absolute atomic E-state index is 0.340. The third-order valence-corrected chi connectivity index (χ3v) is 3.69. The molecule has 0 amide bonds. The fraction of sp³-hybridized carbons (Fsp3) is 0.700. The first-order valence-corrected chi connectivity index (χ1v) is 5.25. The van der Waals surface area contributed by atoms with Gasteiger partial charge in [0, 0.05) is 24.5 Å². The van der Waals surface area contributed by atoms with Gasteiger partial charge in [-0.1, -0.05) is 6.92 Å². The molecule has 3 atom stereocenters. The van der Waals surface area contributed by atoms with E-state index in [4.69, 9.17) is 11.6 Å². The van der Waals surface area contributed by atoms with Crippen LogP contribution in [0.5, 0.6) is 0 Å². The Morgan fingerprint density at radius 3 is 2.77 bits per heavy atom. The Kier molecular flexibility index (Phi) is 2.33. The Morgan fingerprint density at radius 2 is 2.31 bits per heavy atom. The van der Waals surface area contributed by atoms with E-state index in [-0.39, 0.29) is 0 Å². The second-order valence-electron chi connectivity index (χ2n) is 3.97. The highest BCUT2D eigenvalue weighted by molar-refractivity contribution is 6.21.